The van der Waals surface area contributed by atoms with Gasteiger partial charge in [0.2, 0.25) is 0 Å². The van der Waals surface area contributed by atoms with Crippen LogP contribution in [0.4, 0.5) is 0 Å². The van der Waals surface area contributed by atoms with Crippen LogP contribution in [0, 0.1) is 11.8 Å². The van der Waals surface area contributed by atoms with E-state index in [2.05, 4.69) is 37.3 Å². The molecular weight excluding hydrogens is 144 g/mol. The fourth-order valence-corrected chi connectivity index (χ4v) is 2.10. The molecule has 1 unspecified atom stereocenters. The number of hydrogen-bond acceptors (Lipinski definition) is 0. The average Bonchev–Trinajstić information content (AvgIpc) is 2.53. The van der Waals surface area contributed by atoms with Gasteiger partial charge in [0.1, 0.15) is 5.56 Å². The summed E-state index contributed by atoms with van der Waals surface area (Å²) in [6.45, 7) is 2.34. The van der Waals surface area contributed by atoms with Crippen LogP contribution in [-0.4, -0.2) is 0 Å². The fraction of sp³-hybridized carbons (Fsp3) is 0.417. The van der Waals surface area contributed by atoms with Crippen molar-refractivity contribution in [2.24, 2.45) is 5.92 Å². The molecule has 1 saturated carbocycles. The summed E-state index contributed by atoms with van der Waals surface area (Å²) in [5, 5.41) is 0. The molecule has 62 valence electrons. The Bertz CT molecular complexity index is 237. The van der Waals surface area contributed by atoms with Crippen LogP contribution in [0.1, 0.15) is 31.7 Å². The maximum atomic E-state index is 2.34. The molecule has 1 aromatic carbocycles. The van der Waals surface area contributed by atoms with Crippen molar-refractivity contribution in [2.75, 3.05) is 0 Å². The van der Waals surface area contributed by atoms with E-state index >= 15 is 0 Å². The largest absolute Gasteiger partial charge is 0.132 e. The van der Waals surface area contributed by atoms with Gasteiger partial charge in [-0.2, -0.15) is 0 Å². The molecule has 0 radical (unpaired) electrons. The lowest BCUT2D eigenvalue weighted by Gasteiger charge is -2.07. The second kappa shape index (κ2) is 3.22. The normalized spacial score (nSPS) is 23.1. The summed E-state index contributed by atoms with van der Waals surface area (Å²) < 4.78 is 0. The van der Waals surface area contributed by atoms with E-state index in [0.717, 1.165) is 5.92 Å². The summed E-state index contributed by atoms with van der Waals surface area (Å²) in [5.74, 6) is 2.48. The van der Waals surface area contributed by atoms with Gasteiger partial charge < -0.3 is 0 Å². The van der Waals surface area contributed by atoms with Crippen molar-refractivity contribution in [3.05, 3.63) is 41.8 Å². The Kier molecular flexibility index (Phi) is 2.07. The van der Waals surface area contributed by atoms with E-state index in [1.165, 1.54) is 24.8 Å². The Hall–Kier alpha value is -0.910. The molecule has 1 aliphatic carbocycles. The van der Waals surface area contributed by atoms with E-state index in [0.29, 0.717) is 0 Å². The standard InChI is InChI=1S/C12H15/c1-10-6-5-9-12(10)11-7-3-2-4-8-11/h2-4,7-8,10H,5-6,9H2,1H3/q+1. The molecule has 0 saturated heterocycles. The molecule has 0 aromatic heterocycles. The second-order valence-electron chi connectivity index (χ2n) is 3.68. The topological polar surface area (TPSA) is 0 Å². The minimum Gasteiger partial charge on any atom is -0.0469 e. The van der Waals surface area contributed by atoms with Gasteiger partial charge in [-0.3, -0.25) is 0 Å². The zero-order chi connectivity index (χ0) is 8.39. The Morgan fingerprint density at radius 3 is 2.58 bits per heavy atom. The first kappa shape index (κ1) is 7.72. The highest BCUT2D eigenvalue weighted by Crippen LogP contribution is 2.37. The third-order valence-electron chi connectivity index (χ3n) is 2.82. The fourth-order valence-electron chi connectivity index (χ4n) is 2.10. The minimum atomic E-state index is 0.812. The lowest BCUT2D eigenvalue weighted by atomic mass is 9.90. The summed E-state index contributed by atoms with van der Waals surface area (Å²) >= 11 is 0. The highest BCUT2D eigenvalue weighted by Gasteiger charge is 2.30. The average molecular weight is 159 g/mol. The molecule has 2 rings (SSSR count). The first-order chi connectivity index (χ1) is 5.88. The van der Waals surface area contributed by atoms with Crippen molar-refractivity contribution in [1.29, 1.82) is 0 Å². The van der Waals surface area contributed by atoms with Gasteiger partial charge in [0.25, 0.3) is 0 Å². The van der Waals surface area contributed by atoms with E-state index in [-0.39, 0.29) is 0 Å². The molecule has 1 aromatic rings. The predicted octanol–water partition coefficient (Wildman–Crippen LogP) is 3.43. The smallest absolute Gasteiger partial charge is 0.0469 e. The van der Waals surface area contributed by atoms with Gasteiger partial charge >= 0.3 is 0 Å². The maximum Gasteiger partial charge on any atom is 0.132 e. The number of benzene rings is 1. The molecule has 12 heavy (non-hydrogen) atoms. The van der Waals surface area contributed by atoms with Gasteiger partial charge in [0.05, 0.1) is 0 Å². The van der Waals surface area contributed by atoms with Gasteiger partial charge in [-0.25, -0.2) is 0 Å². The quantitative estimate of drug-likeness (QED) is 0.551. The second-order valence-corrected chi connectivity index (χ2v) is 3.68. The van der Waals surface area contributed by atoms with Crippen LogP contribution < -0.4 is 0 Å². The molecule has 1 fully saturated rings. The van der Waals surface area contributed by atoms with Crippen LogP contribution in [0.15, 0.2) is 30.3 Å². The van der Waals surface area contributed by atoms with Crippen molar-refractivity contribution in [2.45, 2.75) is 26.2 Å². The lowest BCUT2D eigenvalue weighted by Crippen LogP contribution is -2.02. The molecule has 0 heterocycles. The molecule has 1 aliphatic rings. The molecule has 0 N–H and O–H groups in total. The van der Waals surface area contributed by atoms with Gasteiger partial charge in [-0.1, -0.05) is 0 Å². The van der Waals surface area contributed by atoms with Crippen LogP contribution >= 0.6 is 0 Å². The van der Waals surface area contributed by atoms with E-state index < -0.39 is 0 Å². The van der Waals surface area contributed by atoms with Gasteiger partial charge in [-0.15, -0.1) is 0 Å². The third-order valence-corrected chi connectivity index (χ3v) is 2.82. The van der Waals surface area contributed by atoms with E-state index in [9.17, 15) is 0 Å². The summed E-state index contributed by atoms with van der Waals surface area (Å²) in [6.07, 6.45) is 4.07. The summed E-state index contributed by atoms with van der Waals surface area (Å²) in [4.78, 5) is 0. The third kappa shape index (κ3) is 1.34. The van der Waals surface area contributed by atoms with E-state index in [4.69, 9.17) is 0 Å². The Labute approximate surface area is 74.6 Å². The van der Waals surface area contributed by atoms with Crippen LogP contribution in [-0.2, 0) is 0 Å². The first-order valence-corrected chi connectivity index (χ1v) is 4.79. The molecule has 0 nitrogen and oxygen atoms in total. The van der Waals surface area contributed by atoms with Gasteiger partial charge in [0.15, 0.2) is 0 Å². The number of hydrogen-bond donors (Lipinski definition) is 0. The SMILES string of the molecule is CC1CCC[C+]1c1ccccc1. The van der Waals surface area contributed by atoms with Crippen molar-refractivity contribution in [3.63, 3.8) is 0 Å². The maximum absolute atomic E-state index is 2.34. The van der Waals surface area contributed by atoms with Gasteiger partial charge in [0, 0.05) is 30.4 Å². The molecule has 0 bridgehead atoms. The van der Waals surface area contributed by atoms with Crippen LogP contribution in [0.3, 0.4) is 0 Å². The monoisotopic (exact) mass is 159 g/mol. The first-order valence-electron chi connectivity index (χ1n) is 4.79. The molecule has 1 atom stereocenters. The molecule has 0 aliphatic heterocycles. The lowest BCUT2D eigenvalue weighted by molar-refractivity contribution is 0.657. The van der Waals surface area contributed by atoms with Crippen LogP contribution in [0.25, 0.3) is 0 Å². The van der Waals surface area contributed by atoms with Gasteiger partial charge in [-0.05, 0) is 38.0 Å². The zero-order valence-electron chi connectivity index (χ0n) is 7.59. The summed E-state index contributed by atoms with van der Waals surface area (Å²) in [6, 6.07) is 10.8. The van der Waals surface area contributed by atoms with Crippen molar-refractivity contribution in [1.82, 2.24) is 0 Å². The van der Waals surface area contributed by atoms with Crippen LogP contribution in [0.5, 0.6) is 0 Å². The minimum absolute atomic E-state index is 0.812. The summed E-state index contributed by atoms with van der Waals surface area (Å²) in [7, 11) is 0. The van der Waals surface area contributed by atoms with E-state index in [1.807, 2.05) is 0 Å². The molecule has 0 amide bonds. The Morgan fingerprint density at radius 1 is 1.25 bits per heavy atom. The Balaban J connectivity index is 2.19. The highest BCUT2D eigenvalue weighted by molar-refractivity contribution is 5.32. The molecule has 0 spiro atoms. The van der Waals surface area contributed by atoms with Crippen molar-refractivity contribution in [3.8, 4) is 0 Å². The van der Waals surface area contributed by atoms with Crippen LogP contribution in [0.2, 0.25) is 0 Å². The van der Waals surface area contributed by atoms with Crippen molar-refractivity contribution >= 4 is 0 Å². The molecular formula is C12H15+. The zero-order valence-corrected chi connectivity index (χ0v) is 7.59. The number of rotatable bonds is 1. The highest BCUT2D eigenvalue weighted by atomic mass is 14.3. The van der Waals surface area contributed by atoms with E-state index in [1.54, 1.807) is 5.92 Å². The molecule has 0 heteroatoms. The summed E-state index contributed by atoms with van der Waals surface area (Å²) in [5.41, 5.74) is 1.46. The van der Waals surface area contributed by atoms with Crippen molar-refractivity contribution < 1.29 is 0 Å². The predicted molar refractivity (Wildman–Crippen MR) is 51.8 cm³/mol. The Morgan fingerprint density at radius 2 is 2.00 bits per heavy atom.